The molecule has 6 heteroatoms. The highest BCUT2D eigenvalue weighted by molar-refractivity contribution is 7.17. The molecule has 0 radical (unpaired) electrons. The zero-order valence-electron chi connectivity index (χ0n) is 6.54. The van der Waals surface area contributed by atoms with E-state index in [9.17, 15) is 4.79 Å². The third-order valence-corrected chi connectivity index (χ3v) is 2.93. The van der Waals surface area contributed by atoms with Crippen LogP contribution in [0.5, 0.6) is 0 Å². The number of thiazole rings is 1. The highest BCUT2D eigenvalue weighted by atomic mass is 35.5. The average Bonchev–Trinajstić information content (AvgIpc) is 2.41. The van der Waals surface area contributed by atoms with E-state index in [-0.39, 0.29) is 10.8 Å². The molecule has 3 nitrogen and oxygen atoms in total. The van der Waals surface area contributed by atoms with Crippen molar-refractivity contribution >= 4 is 44.7 Å². The predicted molar refractivity (Wildman–Crippen MR) is 53.0 cm³/mol. The van der Waals surface area contributed by atoms with Gasteiger partial charge in [0.1, 0.15) is 5.69 Å². The number of hydrogen-bond donors (Lipinski definition) is 0. The fraction of sp³-hybridized carbons (Fsp3) is 0.143. The molecule has 2 heterocycles. The number of halogens is 2. The first-order valence-electron chi connectivity index (χ1n) is 3.43. The molecule has 0 bridgehead atoms. The summed E-state index contributed by atoms with van der Waals surface area (Å²) < 4.78 is 1.61. The van der Waals surface area contributed by atoms with Crippen molar-refractivity contribution in [2.45, 2.75) is 6.92 Å². The van der Waals surface area contributed by atoms with Crippen LogP contribution in [0.25, 0.3) is 4.96 Å². The Labute approximate surface area is 87.9 Å². The van der Waals surface area contributed by atoms with Crippen molar-refractivity contribution in [3.05, 3.63) is 21.9 Å². The molecular weight excluding hydrogens is 231 g/mol. The Kier molecular flexibility index (Phi) is 2.06. The Morgan fingerprint density at radius 1 is 1.69 bits per heavy atom. The number of rotatable bonds is 1. The number of fused-ring (bicyclic) bond motifs is 1. The van der Waals surface area contributed by atoms with Crippen molar-refractivity contribution in [2.75, 3.05) is 0 Å². The van der Waals surface area contributed by atoms with E-state index in [1.54, 1.807) is 10.6 Å². The first-order chi connectivity index (χ1) is 6.09. The van der Waals surface area contributed by atoms with Crippen LogP contribution in [0.4, 0.5) is 0 Å². The molecular formula is C7H4Cl2N2OS. The molecule has 68 valence electrons. The lowest BCUT2D eigenvalue weighted by Crippen LogP contribution is -1.94. The molecule has 0 fully saturated rings. The summed E-state index contributed by atoms with van der Waals surface area (Å²) in [7, 11) is 0. The lowest BCUT2D eigenvalue weighted by molar-refractivity contribution is 0.107. The van der Waals surface area contributed by atoms with Crippen molar-refractivity contribution in [3.8, 4) is 0 Å². The zero-order valence-corrected chi connectivity index (χ0v) is 8.87. The van der Waals surface area contributed by atoms with Crippen LogP contribution in [0.15, 0.2) is 6.20 Å². The molecule has 2 aromatic rings. The smallest absolute Gasteiger partial charge is 0.272 e. The van der Waals surface area contributed by atoms with Gasteiger partial charge in [0.05, 0.1) is 0 Å². The van der Waals surface area contributed by atoms with E-state index < -0.39 is 5.24 Å². The second-order valence-corrected chi connectivity index (χ2v) is 4.43. The molecule has 0 amide bonds. The monoisotopic (exact) mass is 234 g/mol. The average molecular weight is 235 g/mol. The number of aromatic nitrogens is 2. The van der Waals surface area contributed by atoms with Crippen LogP contribution in [0, 0.1) is 6.92 Å². The second kappa shape index (κ2) is 2.97. The highest BCUT2D eigenvalue weighted by Crippen LogP contribution is 2.24. The molecule has 0 unspecified atom stereocenters. The maximum Gasteiger partial charge on any atom is 0.272 e. The minimum absolute atomic E-state index is 0.159. The molecule has 2 rings (SSSR count). The highest BCUT2D eigenvalue weighted by Gasteiger charge is 2.17. The molecule has 0 aliphatic rings. The summed E-state index contributed by atoms with van der Waals surface area (Å²) >= 11 is 12.5. The van der Waals surface area contributed by atoms with Gasteiger partial charge in [0.15, 0.2) is 10.1 Å². The van der Waals surface area contributed by atoms with E-state index >= 15 is 0 Å². The Hall–Kier alpha value is -0.580. The van der Waals surface area contributed by atoms with Crippen molar-refractivity contribution in [1.82, 2.24) is 9.38 Å². The number of carbonyl (C=O) groups is 1. The molecule has 0 spiro atoms. The fourth-order valence-electron chi connectivity index (χ4n) is 1.11. The topological polar surface area (TPSA) is 34.4 Å². The summed E-state index contributed by atoms with van der Waals surface area (Å²) in [5.41, 5.74) is 0.239. The van der Waals surface area contributed by atoms with Crippen LogP contribution in [-0.4, -0.2) is 14.6 Å². The van der Waals surface area contributed by atoms with E-state index in [1.165, 1.54) is 11.3 Å². The van der Waals surface area contributed by atoms with Crippen LogP contribution in [0.2, 0.25) is 5.15 Å². The minimum atomic E-state index is -0.588. The number of imidazole rings is 1. The van der Waals surface area contributed by atoms with E-state index in [0.717, 1.165) is 4.88 Å². The standard InChI is InChI=1S/C7H4Cl2N2OS/c1-3-2-11-4(6(9)12)5(8)10-7(11)13-3/h2H,1H3. The van der Waals surface area contributed by atoms with Gasteiger partial charge in [0.25, 0.3) is 5.24 Å². The summed E-state index contributed by atoms with van der Waals surface area (Å²) in [5, 5.41) is -0.429. The van der Waals surface area contributed by atoms with E-state index in [0.29, 0.717) is 4.96 Å². The largest absolute Gasteiger partial charge is 0.285 e. The summed E-state index contributed by atoms with van der Waals surface area (Å²) in [6.07, 6.45) is 1.79. The Balaban J connectivity index is 2.83. The Bertz CT molecular complexity index is 488. The lowest BCUT2D eigenvalue weighted by Gasteiger charge is -1.89. The molecule has 0 saturated heterocycles. The van der Waals surface area contributed by atoms with Gasteiger partial charge in [0, 0.05) is 11.1 Å². The molecule has 13 heavy (non-hydrogen) atoms. The first kappa shape index (κ1) is 8.99. The van der Waals surface area contributed by atoms with Crippen LogP contribution >= 0.6 is 34.5 Å². The third kappa shape index (κ3) is 1.35. The number of hydrogen-bond acceptors (Lipinski definition) is 3. The summed E-state index contributed by atoms with van der Waals surface area (Å²) in [6, 6.07) is 0. The second-order valence-electron chi connectivity index (χ2n) is 2.52. The van der Waals surface area contributed by atoms with Crippen LogP contribution in [0.3, 0.4) is 0 Å². The van der Waals surface area contributed by atoms with Crippen LogP contribution in [0.1, 0.15) is 15.4 Å². The molecule has 2 aromatic heterocycles. The molecule has 0 aliphatic carbocycles. The fourth-order valence-corrected chi connectivity index (χ4v) is 2.47. The van der Waals surface area contributed by atoms with Gasteiger partial charge < -0.3 is 0 Å². The Morgan fingerprint density at radius 2 is 2.38 bits per heavy atom. The molecule has 0 aromatic carbocycles. The lowest BCUT2D eigenvalue weighted by atomic mass is 10.5. The number of nitrogens with zero attached hydrogens (tertiary/aromatic N) is 2. The van der Waals surface area contributed by atoms with Gasteiger partial charge in [-0.05, 0) is 18.5 Å². The zero-order chi connectivity index (χ0) is 9.59. The quantitative estimate of drug-likeness (QED) is 0.712. The van der Waals surface area contributed by atoms with Crippen molar-refractivity contribution in [1.29, 1.82) is 0 Å². The maximum absolute atomic E-state index is 11.0. The number of aryl methyl sites for hydroxylation is 1. The summed E-state index contributed by atoms with van der Waals surface area (Å²) in [5.74, 6) is 0. The van der Waals surface area contributed by atoms with Crippen LogP contribution in [-0.2, 0) is 0 Å². The van der Waals surface area contributed by atoms with Gasteiger partial charge in [-0.25, -0.2) is 4.98 Å². The predicted octanol–water partition coefficient (Wildman–Crippen LogP) is 2.74. The van der Waals surface area contributed by atoms with Crippen LogP contribution < -0.4 is 0 Å². The SMILES string of the molecule is Cc1cn2c(C(=O)Cl)c(Cl)nc2s1. The van der Waals surface area contributed by atoms with Gasteiger partial charge in [-0.1, -0.05) is 11.6 Å². The Morgan fingerprint density at radius 3 is 3.00 bits per heavy atom. The molecule has 0 atom stereocenters. The van der Waals surface area contributed by atoms with Gasteiger partial charge in [-0.15, -0.1) is 11.3 Å². The molecule has 0 aliphatic heterocycles. The normalized spacial score (nSPS) is 11.0. The molecule has 0 saturated carbocycles. The van der Waals surface area contributed by atoms with Gasteiger partial charge in [0.2, 0.25) is 0 Å². The van der Waals surface area contributed by atoms with E-state index in [1.807, 2.05) is 6.92 Å². The summed E-state index contributed by atoms with van der Waals surface area (Å²) in [6.45, 7) is 1.93. The van der Waals surface area contributed by atoms with Crippen molar-refractivity contribution in [2.24, 2.45) is 0 Å². The van der Waals surface area contributed by atoms with E-state index in [4.69, 9.17) is 23.2 Å². The number of carbonyl (C=O) groups excluding carboxylic acids is 1. The molecule has 0 N–H and O–H groups in total. The van der Waals surface area contributed by atoms with Gasteiger partial charge >= 0.3 is 0 Å². The first-order valence-corrected chi connectivity index (χ1v) is 5.00. The van der Waals surface area contributed by atoms with Gasteiger partial charge in [-0.2, -0.15) is 0 Å². The third-order valence-electron chi connectivity index (χ3n) is 1.59. The maximum atomic E-state index is 11.0. The van der Waals surface area contributed by atoms with E-state index in [2.05, 4.69) is 4.98 Å². The van der Waals surface area contributed by atoms with Gasteiger partial charge in [-0.3, -0.25) is 9.20 Å². The van der Waals surface area contributed by atoms with Crippen molar-refractivity contribution in [3.63, 3.8) is 0 Å². The van der Waals surface area contributed by atoms with Crippen molar-refractivity contribution < 1.29 is 4.79 Å². The summed E-state index contributed by atoms with van der Waals surface area (Å²) in [4.78, 5) is 16.7. The minimum Gasteiger partial charge on any atom is -0.285 e.